The van der Waals surface area contributed by atoms with E-state index in [1.807, 2.05) is 0 Å². The van der Waals surface area contributed by atoms with E-state index in [9.17, 15) is 4.21 Å². The van der Waals surface area contributed by atoms with Gasteiger partial charge in [-0.15, -0.1) is 0 Å². The number of pyridine rings is 1. The Kier molecular flexibility index (Phi) is 4.81. The largest absolute Gasteiger partial charge is 0.370 e. The molecule has 0 spiro atoms. The summed E-state index contributed by atoms with van der Waals surface area (Å²) in [7, 11) is -0.650. The van der Waals surface area contributed by atoms with Gasteiger partial charge in [-0.1, -0.05) is 43.7 Å². The molecule has 122 valence electrons. The van der Waals surface area contributed by atoms with Crippen LogP contribution >= 0.6 is 0 Å². The first kappa shape index (κ1) is 16.2. The van der Waals surface area contributed by atoms with Crippen LogP contribution < -0.4 is 4.90 Å². The molecule has 0 atom stereocenters. The average molecular weight is 328 g/mol. The molecule has 1 aliphatic heterocycles. The molecule has 0 bridgehead atoms. The number of anilines is 1. The third kappa shape index (κ3) is 3.81. The Bertz CT molecular complexity index is 700. The fourth-order valence-corrected chi connectivity index (χ4v) is 3.84. The second-order valence-electron chi connectivity index (χ2n) is 6.49. The van der Waals surface area contributed by atoms with Gasteiger partial charge in [0.25, 0.3) is 0 Å². The number of aromatic nitrogens is 1. The van der Waals surface area contributed by atoms with E-state index in [0.29, 0.717) is 5.92 Å². The predicted molar refractivity (Wildman–Crippen MR) is 98.6 cm³/mol. The minimum atomic E-state index is -0.650. The highest BCUT2D eigenvalue weighted by Crippen LogP contribution is 2.28. The van der Waals surface area contributed by atoms with Crippen molar-refractivity contribution in [2.24, 2.45) is 0 Å². The van der Waals surface area contributed by atoms with Gasteiger partial charge in [0.1, 0.15) is 0 Å². The molecule has 1 aliphatic rings. The smallest absolute Gasteiger partial charge is 0.0726 e. The fourth-order valence-electron chi connectivity index (χ4n) is 2.78. The first-order valence-corrected chi connectivity index (χ1v) is 9.70. The van der Waals surface area contributed by atoms with Gasteiger partial charge in [0.2, 0.25) is 0 Å². The molecule has 4 heteroatoms. The third-order valence-electron chi connectivity index (χ3n) is 4.31. The maximum atomic E-state index is 11.6. The van der Waals surface area contributed by atoms with Gasteiger partial charge in [-0.05, 0) is 25.0 Å². The van der Waals surface area contributed by atoms with Crippen molar-refractivity contribution in [1.82, 2.24) is 4.98 Å². The van der Waals surface area contributed by atoms with E-state index in [-0.39, 0.29) is 0 Å². The van der Waals surface area contributed by atoms with Crippen molar-refractivity contribution in [2.45, 2.75) is 26.7 Å². The van der Waals surface area contributed by atoms with Crippen LogP contribution in [0.4, 0.5) is 5.69 Å². The molecule has 0 radical (unpaired) electrons. The monoisotopic (exact) mass is 328 g/mol. The maximum absolute atomic E-state index is 11.6. The SMILES string of the molecule is Cc1ccc(-c2cc(N3CCS(=O)CC3)cc(C(C)C)n2)cc1. The lowest BCUT2D eigenvalue weighted by atomic mass is 10.0. The Morgan fingerprint density at radius 2 is 1.74 bits per heavy atom. The zero-order valence-corrected chi connectivity index (χ0v) is 14.9. The van der Waals surface area contributed by atoms with E-state index in [1.165, 1.54) is 11.3 Å². The van der Waals surface area contributed by atoms with Crippen LogP contribution in [0.25, 0.3) is 11.3 Å². The normalized spacial score (nSPS) is 16.1. The van der Waals surface area contributed by atoms with Gasteiger partial charge in [0, 0.05) is 52.3 Å². The Labute approximate surface area is 141 Å². The summed E-state index contributed by atoms with van der Waals surface area (Å²) < 4.78 is 11.6. The van der Waals surface area contributed by atoms with Gasteiger partial charge in [-0.3, -0.25) is 9.19 Å². The quantitative estimate of drug-likeness (QED) is 0.860. The van der Waals surface area contributed by atoms with Gasteiger partial charge in [0.15, 0.2) is 0 Å². The highest BCUT2D eigenvalue weighted by Gasteiger charge is 2.18. The third-order valence-corrected chi connectivity index (χ3v) is 5.59. The van der Waals surface area contributed by atoms with E-state index in [2.05, 4.69) is 62.1 Å². The second-order valence-corrected chi connectivity index (χ2v) is 8.19. The molecular formula is C19H24N2OS. The number of aryl methyl sites for hydroxylation is 1. The lowest BCUT2D eigenvalue weighted by molar-refractivity contribution is 0.673. The van der Waals surface area contributed by atoms with E-state index in [1.54, 1.807) is 0 Å². The maximum Gasteiger partial charge on any atom is 0.0726 e. The van der Waals surface area contributed by atoms with Crippen molar-refractivity contribution in [3.05, 3.63) is 47.7 Å². The van der Waals surface area contributed by atoms with Crippen molar-refractivity contribution in [1.29, 1.82) is 0 Å². The van der Waals surface area contributed by atoms with Crippen LogP contribution in [-0.4, -0.2) is 33.8 Å². The molecule has 0 N–H and O–H groups in total. The van der Waals surface area contributed by atoms with Crippen molar-refractivity contribution in [3.63, 3.8) is 0 Å². The lowest BCUT2D eigenvalue weighted by Gasteiger charge is -2.29. The number of hydrogen-bond acceptors (Lipinski definition) is 3. The molecule has 2 aromatic rings. The molecule has 0 aliphatic carbocycles. The lowest BCUT2D eigenvalue weighted by Crippen LogP contribution is -2.37. The topological polar surface area (TPSA) is 33.2 Å². The van der Waals surface area contributed by atoms with Crippen LogP contribution in [0.1, 0.15) is 31.0 Å². The molecule has 1 aromatic carbocycles. The predicted octanol–water partition coefficient (Wildman–Crippen LogP) is 3.75. The van der Waals surface area contributed by atoms with E-state index in [0.717, 1.165) is 41.5 Å². The van der Waals surface area contributed by atoms with Crippen LogP contribution in [0.3, 0.4) is 0 Å². The van der Waals surface area contributed by atoms with E-state index >= 15 is 0 Å². The Morgan fingerprint density at radius 1 is 1.09 bits per heavy atom. The average Bonchev–Trinajstić information content (AvgIpc) is 2.55. The Hall–Kier alpha value is -1.68. The summed E-state index contributed by atoms with van der Waals surface area (Å²) in [5.41, 5.74) is 5.76. The van der Waals surface area contributed by atoms with Crippen molar-refractivity contribution in [3.8, 4) is 11.3 Å². The van der Waals surface area contributed by atoms with Crippen LogP contribution in [0, 0.1) is 6.92 Å². The molecular weight excluding hydrogens is 304 g/mol. The van der Waals surface area contributed by atoms with Crippen molar-refractivity contribution >= 4 is 16.5 Å². The zero-order valence-electron chi connectivity index (χ0n) is 14.1. The molecule has 2 heterocycles. The molecule has 1 aromatic heterocycles. The summed E-state index contributed by atoms with van der Waals surface area (Å²) in [5.74, 6) is 1.91. The molecule has 0 amide bonds. The van der Waals surface area contributed by atoms with Crippen LogP contribution in [0.15, 0.2) is 36.4 Å². The summed E-state index contributed by atoms with van der Waals surface area (Å²) in [5, 5.41) is 0. The van der Waals surface area contributed by atoms with Gasteiger partial charge in [-0.25, -0.2) is 0 Å². The summed E-state index contributed by atoms with van der Waals surface area (Å²) in [6.45, 7) is 8.18. The van der Waals surface area contributed by atoms with Gasteiger partial charge in [0.05, 0.1) is 5.69 Å². The van der Waals surface area contributed by atoms with Crippen LogP contribution in [0.2, 0.25) is 0 Å². The van der Waals surface area contributed by atoms with Crippen molar-refractivity contribution in [2.75, 3.05) is 29.5 Å². The first-order chi connectivity index (χ1) is 11.0. The summed E-state index contributed by atoms with van der Waals surface area (Å²) >= 11 is 0. The molecule has 3 rings (SSSR count). The highest BCUT2D eigenvalue weighted by molar-refractivity contribution is 7.85. The zero-order chi connectivity index (χ0) is 16.4. The van der Waals surface area contributed by atoms with Gasteiger partial charge < -0.3 is 4.90 Å². The van der Waals surface area contributed by atoms with E-state index < -0.39 is 10.8 Å². The van der Waals surface area contributed by atoms with Gasteiger partial charge in [-0.2, -0.15) is 0 Å². The van der Waals surface area contributed by atoms with Crippen LogP contribution in [0.5, 0.6) is 0 Å². The number of benzene rings is 1. The molecule has 3 nitrogen and oxygen atoms in total. The molecule has 1 saturated heterocycles. The fraction of sp³-hybridized carbons (Fsp3) is 0.421. The second kappa shape index (κ2) is 6.83. The summed E-state index contributed by atoms with van der Waals surface area (Å²) in [6.07, 6.45) is 0. The summed E-state index contributed by atoms with van der Waals surface area (Å²) in [6, 6.07) is 12.9. The number of rotatable bonds is 3. The molecule has 0 saturated carbocycles. The van der Waals surface area contributed by atoms with Gasteiger partial charge >= 0.3 is 0 Å². The highest BCUT2D eigenvalue weighted by atomic mass is 32.2. The Morgan fingerprint density at radius 3 is 2.35 bits per heavy atom. The molecule has 23 heavy (non-hydrogen) atoms. The van der Waals surface area contributed by atoms with Crippen molar-refractivity contribution < 1.29 is 4.21 Å². The number of nitrogens with zero attached hydrogens (tertiary/aromatic N) is 2. The van der Waals surface area contributed by atoms with Crippen LogP contribution in [-0.2, 0) is 10.8 Å². The summed E-state index contributed by atoms with van der Waals surface area (Å²) in [4.78, 5) is 7.20. The minimum Gasteiger partial charge on any atom is -0.370 e. The first-order valence-electron chi connectivity index (χ1n) is 8.22. The minimum absolute atomic E-state index is 0.387. The number of hydrogen-bond donors (Lipinski definition) is 0. The van der Waals surface area contributed by atoms with E-state index in [4.69, 9.17) is 4.98 Å². The Balaban J connectivity index is 1.99. The standard InChI is InChI=1S/C19H24N2OS/c1-14(2)18-12-17(21-8-10-23(22)11-9-21)13-19(20-18)16-6-4-15(3)5-7-16/h4-7,12-14H,8-11H2,1-3H3. The molecule has 1 fully saturated rings. The molecule has 0 unspecified atom stereocenters.